The first-order valence-corrected chi connectivity index (χ1v) is 10.4. The van der Waals surface area contributed by atoms with E-state index in [2.05, 4.69) is 15.6 Å². The van der Waals surface area contributed by atoms with Crippen LogP contribution in [-0.2, 0) is 13.1 Å². The van der Waals surface area contributed by atoms with E-state index in [-0.39, 0.29) is 11.8 Å². The molecule has 0 unspecified atom stereocenters. The van der Waals surface area contributed by atoms with Crippen LogP contribution in [0.15, 0.2) is 103 Å². The fourth-order valence-electron chi connectivity index (χ4n) is 3.35. The van der Waals surface area contributed by atoms with Gasteiger partial charge in [0.25, 0.3) is 11.8 Å². The van der Waals surface area contributed by atoms with Gasteiger partial charge in [-0.3, -0.25) is 14.6 Å². The third-order valence-corrected chi connectivity index (χ3v) is 5.10. The van der Waals surface area contributed by atoms with Crippen LogP contribution in [0.1, 0.15) is 31.8 Å². The average molecular weight is 422 g/mol. The highest BCUT2D eigenvalue weighted by atomic mass is 16.2. The summed E-state index contributed by atoms with van der Waals surface area (Å²) in [4.78, 5) is 29.0. The van der Waals surface area contributed by atoms with Crippen LogP contribution in [-0.4, -0.2) is 16.8 Å². The molecule has 1 heterocycles. The largest absolute Gasteiger partial charge is 0.348 e. The van der Waals surface area contributed by atoms with Gasteiger partial charge in [0.15, 0.2) is 0 Å². The Kier molecular flexibility index (Phi) is 6.68. The minimum Gasteiger partial charge on any atom is -0.348 e. The summed E-state index contributed by atoms with van der Waals surface area (Å²) in [5, 5.41) is 5.84. The van der Waals surface area contributed by atoms with Gasteiger partial charge in [0.2, 0.25) is 0 Å². The lowest BCUT2D eigenvalue weighted by Gasteiger charge is -2.09. The van der Waals surface area contributed by atoms with Gasteiger partial charge >= 0.3 is 0 Å². The first-order valence-electron chi connectivity index (χ1n) is 10.4. The predicted octanol–water partition coefficient (Wildman–Crippen LogP) is 4.61. The third kappa shape index (κ3) is 5.46. The quantitative estimate of drug-likeness (QED) is 0.458. The lowest BCUT2D eigenvalue weighted by molar-refractivity contribution is 0.0945. The van der Waals surface area contributed by atoms with E-state index in [0.717, 1.165) is 22.3 Å². The molecular formula is C27H23N3O2. The fourth-order valence-corrected chi connectivity index (χ4v) is 3.35. The van der Waals surface area contributed by atoms with Crippen LogP contribution in [0.25, 0.3) is 11.1 Å². The number of nitrogens with zero attached hydrogens (tertiary/aromatic N) is 1. The Balaban J connectivity index is 1.33. The van der Waals surface area contributed by atoms with Crippen LogP contribution in [0.3, 0.4) is 0 Å². The molecule has 5 nitrogen and oxygen atoms in total. The number of carbonyl (C=O) groups is 2. The molecule has 4 rings (SSSR count). The van der Waals surface area contributed by atoms with E-state index in [4.69, 9.17) is 0 Å². The molecule has 2 amide bonds. The Morgan fingerprint density at radius 1 is 0.594 bits per heavy atom. The molecule has 2 N–H and O–H groups in total. The summed E-state index contributed by atoms with van der Waals surface area (Å²) in [5.41, 5.74) is 5.12. The van der Waals surface area contributed by atoms with Crippen molar-refractivity contribution in [2.24, 2.45) is 0 Å². The predicted molar refractivity (Wildman–Crippen MR) is 125 cm³/mol. The average Bonchev–Trinajstić information content (AvgIpc) is 2.87. The maximum atomic E-state index is 12.5. The molecule has 0 atom stereocenters. The molecule has 0 bridgehead atoms. The number of carbonyl (C=O) groups excluding carboxylic acids is 2. The van der Waals surface area contributed by atoms with Crippen molar-refractivity contribution in [2.45, 2.75) is 13.1 Å². The zero-order chi connectivity index (χ0) is 22.2. The van der Waals surface area contributed by atoms with Crippen LogP contribution >= 0.6 is 0 Å². The summed E-state index contributed by atoms with van der Waals surface area (Å²) in [6, 6.07) is 28.3. The second kappa shape index (κ2) is 10.2. The zero-order valence-corrected chi connectivity index (χ0v) is 17.5. The minimum absolute atomic E-state index is 0.145. The van der Waals surface area contributed by atoms with Crippen LogP contribution in [0, 0.1) is 0 Å². The van der Waals surface area contributed by atoms with Crippen LogP contribution in [0.4, 0.5) is 0 Å². The molecule has 5 heteroatoms. The number of benzene rings is 3. The van der Waals surface area contributed by atoms with Crippen molar-refractivity contribution in [2.75, 3.05) is 0 Å². The summed E-state index contributed by atoms with van der Waals surface area (Å²) in [6.45, 7) is 0.806. The highest BCUT2D eigenvalue weighted by Gasteiger charge is 2.09. The maximum Gasteiger partial charge on any atom is 0.251 e. The van der Waals surface area contributed by atoms with E-state index in [9.17, 15) is 9.59 Å². The molecule has 4 aromatic rings. The van der Waals surface area contributed by atoms with Crippen LogP contribution in [0.5, 0.6) is 0 Å². The number of aromatic nitrogens is 1. The summed E-state index contributed by atoms with van der Waals surface area (Å²) >= 11 is 0. The Bertz CT molecular complexity index is 1190. The van der Waals surface area contributed by atoms with Crippen molar-refractivity contribution in [1.82, 2.24) is 15.6 Å². The van der Waals surface area contributed by atoms with Gasteiger partial charge < -0.3 is 10.6 Å². The van der Waals surface area contributed by atoms with E-state index in [1.807, 2.05) is 66.7 Å². The first kappa shape index (κ1) is 21.0. The summed E-state index contributed by atoms with van der Waals surface area (Å²) in [5.74, 6) is -0.307. The van der Waals surface area contributed by atoms with Crippen molar-refractivity contribution in [3.8, 4) is 11.1 Å². The highest BCUT2D eigenvalue weighted by molar-refractivity contribution is 5.95. The highest BCUT2D eigenvalue weighted by Crippen LogP contribution is 2.18. The van der Waals surface area contributed by atoms with E-state index in [0.29, 0.717) is 24.2 Å². The number of rotatable bonds is 7. The van der Waals surface area contributed by atoms with Gasteiger partial charge in [0, 0.05) is 36.6 Å². The molecule has 0 aliphatic heterocycles. The molecule has 0 aliphatic carbocycles. The standard InChI is InChI=1S/C27H23N3O2/c31-26(24-11-9-22(10-12-24)23-13-15-28-16-14-23)30-19-21-7-4-8-25(17-21)27(32)29-18-20-5-2-1-3-6-20/h1-17H,18-19H2,(H,29,32)(H,30,31). The first-order chi connectivity index (χ1) is 15.7. The molecule has 1 aromatic heterocycles. The van der Waals surface area contributed by atoms with Crippen molar-refractivity contribution < 1.29 is 9.59 Å². The zero-order valence-electron chi connectivity index (χ0n) is 17.5. The van der Waals surface area contributed by atoms with Gasteiger partial charge in [-0.1, -0.05) is 54.6 Å². The number of hydrogen-bond acceptors (Lipinski definition) is 3. The summed E-state index contributed by atoms with van der Waals surface area (Å²) in [6.07, 6.45) is 3.48. The fraction of sp³-hybridized carbons (Fsp3) is 0.0741. The maximum absolute atomic E-state index is 12.5. The molecule has 0 saturated carbocycles. The van der Waals surface area contributed by atoms with Crippen LogP contribution < -0.4 is 10.6 Å². The smallest absolute Gasteiger partial charge is 0.251 e. The van der Waals surface area contributed by atoms with Gasteiger partial charge in [-0.25, -0.2) is 0 Å². The number of pyridine rings is 1. The molecular weight excluding hydrogens is 398 g/mol. The van der Waals surface area contributed by atoms with Gasteiger partial charge in [0.05, 0.1) is 0 Å². The molecule has 0 spiro atoms. The van der Waals surface area contributed by atoms with E-state index >= 15 is 0 Å². The molecule has 3 aromatic carbocycles. The topological polar surface area (TPSA) is 71.1 Å². The SMILES string of the molecule is O=C(NCc1cccc(C(=O)NCc2ccccc2)c1)c1ccc(-c2ccncc2)cc1. The normalized spacial score (nSPS) is 10.4. The Morgan fingerprint density at radius 3 is 1.91 bits per heavy atom. The minimum atomic E-state index is -0.162. The molecule has 0 aliphatic rings. The number of nitrogens with one attached hydrogen (secondary N) is 2. The van der Waals surface area contributed by atoms with Gasteiger partial charge in [-0.05, 0) is 58.7 Å². The lowest BCUT2D eigenvalue weighted by atomic mass is 10.0. The molecule has 0 saturated heterocycles. The lowest BCUT2D eigenvalue weighted by Crippen LogP contribution is -2.24. The van der Waals surface area contributed by atoms with E-state index < -0.39 is 0 Å². The van der Waals surface area contributed by atoms with Crippen molar-refractivity contribution in [3.63, 3.8) is 0 Å². The number of amides is 2. The van der Waals surface area contributed by atoms with E-state index in [1.54, 1.807) is 36.7 Å². The summed E-state index contributed by atoms with van der Waals surface area (Å²) < 4.78 is 0. The molecule has 158 valence electrons. The van der Waals surface area contributed by atoms with E-state index in [1.165, 1.54) is 0 Å². The Hall–Kier alpha value is -4.25. The second-order valence-electron chi connectivity index (χ2n) is 7.36. The van der Waals surface area contributed by atoms with Gasteiger partial charge in [0.1, 0.15) is 0 Å². The van der Waals surface area contributed by atoms with Crippen molar-refractivity contribution in [3.05, 3.63) is 126 Å². The summed E-state index contributed by atoms with van der Waals surface area (Å²) in [7, 11) is 0. The van der Waals surface area contributed by atoms with Gasteiger partial charge in [-0.2, -0.15) is 0 Å². The molecule has 0 fully saturated rings. The number of hydrogen-bond donors (Lipinski definition) is 2. The van der Waals surface area contributed by atoms with Gasteiger partial charge in [-0.15, -0.1) is 0 Å². The molecule has 0 radical (unpaired) electrons. The molecule has 32 heavy (non-hydrogen) atoms. The second-order valence-corrected chi connectivity index (χ2v) is 7.36. The Morgan fingerprint density at radius 2 is 1.19 bits per heavy atom. The van der Waals surface area contributed by atoms with Crippen molar-refractivity contribution in [1.29, 1.82) is 0 Å². The Labute approximate surface area is 187 Å². The van der Waals surface area contributed by atoms with Crippen LogP contribution in [0.2, 0.25) is 0 Å². The van der Waals surface area contributed by atoms with Crippen molar-refractivity contribution >= 4 is 11.8 Å². The monoisotopic (exact) mass is 421 g/mol. The third-order valence-electron chi connectivity index (χ3n) is 5.10.